The Balaban J connectivity index is 2.89. The number of terminal acetylenes is 1. The molecule has 0 aliphatic heterocycles. The van der Waals surface area contributed by atoms with Gasteiger partial charge in [-0.2, -0.15) is 0 Å². The van der Waals surface area contributed by atoms with Crippen molar-refractivity contribution in [3.05, 3.63) is 22.2 Å². The minimum absolute atomic E-state index is 0.110. The molecular weight excluding hydrogens is 202 g/mol. The number of H-pyrrole nitrogens is 1. The zero-order valence-corrected chi connectivity index (χ0v) is 9.87. The van der Waals surface area contributed by atoms with Crippen molar-refractivity contribution in [3.8, 4) is 12.3 Å². The quantitative estimate of drug-likeness (QED) is 0.758. The van der Waals surface area contributed by atoms with Gasteiger partial charge in [-0.05, 0) is 6.92 Å². The number of nitrogens with zero attached hydrogens (tertiary/aromatic N) is 1. The Morgan fingerprint density at radius 2 is 2.25 bits per heavy atom. The molecule has 0 radical (unpaired) electrons. The van der Waals surface area contributed by atoms with Crippen LogP contribution in [0.1, 0.15) is 38.9 Å². The minimum Gasteiger partial charge on any atom is -0.366 e. The van der Waals surface area contributed by atoms with E-state index in [0.717, 1.165) is 0 Å². The van der Waals surface area contributed by atoms with E-state index in [-0.39, 0.29) is 17.5 Å². The molecule has 16 heavy (non-hydrogen) atoms. The van der Waals surface area contributed by atoms with Crippen LogP contribution in [0.15, 0.2) is 10.9 Å². The smallest absolute Gasteiger partial charge is 0.252 e. The van der Waals surface area contributed by atoms with Crippen LogP contribution in [-0.2, 0) is 0 Å². The first-order chi connectivity index (χ1) is 7.52. The van der Waals surface area contributed by atoms with E-state index in [1.165, 1.54) is 6.07 Å². The van der Waals surface area contributed by atoms with Gasteiger partial charge in [0.25, 0.3) is 5.56 Å². The number of aromatic amines is 1. The van der Waals surface area contributed by atoms with Crippen LogP contribution in [0.4, 0.5) is 5.82 Å². The molecule has 4 heteroatoms. The fourth-order valence-electron chi connectivity index (χ4n) is 1.30. The van der Waals surface area contributed by atoms with E-state index in [9.17, 15) is 4.79 Å². The van der Waals surface area contributed by atoms with Gasteiger partial charge < -0.3 is 10.3 Å². The Morgan fingerprint density at radius 3 is 2.81 bits per heavy atom. The highest BCUT2D eigenvalue weighted by atomic mass is 16.1. The Labute approximate surface area is 95.5 Å². The average molecular weight is 219 g/mol. The molecule has 0 amide bonds. The van der Waals surface area contributed by atoms with Crippen LogP contribution in [0.2, 0.25) is 0 Å². The Hall–Kier alpha value is -1.76. The standard InChI is InChI=1S/C12H17N3O/c1-5-6-9(4)13-10-7-11(16)15-12(14-10)8(2)3/h1,7-9H,6H2,2-4H3,(H2,13,14,15,16). The van der Waals surface area contributed by atoms with Crippen LogP contribution in [-0.4, -0.2) is 16.0 Å². The summed E-state index contributed by atoms with van der Waals surface area (Å²) in [6, 6.07) is 1.55. The monoisotopic (exact) mass is 219 g/mol. The predicted molar refractivity (Wildman–Crippen MR) is 65.5 cm³/mol. The maximum Gasteiger partial charge on any atom is 0.252 e. The van der Waals surface area contributed by atoms with Crippen LogP contribution in [0.3, 0.4) is 0 Å². The summed E-state index contributed by atoms with van der Waals surface area (Å²) in [6.45, 7) is 5.91. The van der Waals surface area contributed by atoms with Crippen molar-refractivity contribution in [3.63, 3.8) is 0 Å². The molecule has 86 valence electrons. The molecule has 0 aliphatic rings. The van der Waals surface area contributed by atoms with Gasteiger partial charge in [-0.25, -0.2) is 4.98 Å². The fourth-order valence-corrected chi connectivity index (χ4v) is 1.30. The summed E-state index contributed by atoms with van der Waals surface area (Å²) >= 11 is 0. The van der Waals surface area contributed by atoms with Gasteiger partial charge in [-0.15, -0.1) is 12.3 Å². The van der Waals surface area contributed by atoms with Crippen molar-refractivity contribution < 1.29 is 0 Å². The van der Waals surface area contributed by atoms with Crippen LogP contribution in [0.25, 0.3) is 0 Å². The molecule has 1 rings (SSSR count). The number of anilines is 1. The highest BCUT2D eigenvalue weighted by molar-refractivity contribution is 5.34. The molecule has 2 N–H and O–H groups in total. The largest absolute Gasteiger partial charge is 0.366 e. The lowest BCUT2D eigenvalue weighted by Gasteiger charge is -2.13. The topological polar surface area (TPSA) is 57.8 Å². The summed E-state index contributed by atoms with van der Waals surface area (Å²) in [7, 11) is 0. The lowest BCUT2D eigenvalue weighted by molar-refractivity contribution is 0.756. The van der Waals surface area contributed by atoms with E-state index in [4.69, 9.17) is 6.42 Å². The summed E-state index contributed by atoms with van der Waals surface area (Å²) in [6.07, 6.45) is 5.82. The van der Waals surface area contributed by atoms with E-state index < -0.39 is 0 Å². The first-order valence-electron chi connectivity index (χ1n) is 5.34. The number of rotatable bonds is 4. The minimum atomic E-state index is -0.144. The fraction of sp³-hybridized carbons (Fsp3) is 0.500. The summed E-state index contributed by atoms with van der Waals surface area (Å²) < 4.78 is 0. The third-order valence-corrected chi connectivity index (χ3v) is 2.13. The normalized spacial score (nSPS) is 12.2. The average Bonchev–Trinajstić information content (AvgIpc) is 2.16. The molecule has 0 bridgehead atoms. The molecule has 0 fully saturated rings. The molecule has 0 saturated heterocycles. The SMILES string of the molecule is C#CCC(C)Nc1cc(=O)[nH]c(C(C)C)n1. The van der Waals surface area contributed by atoms with Crippen LogP contribution in [0.5, 0.6) is 0 Å². The third-order valence-electron chi connectivity index (χ3n) is 2.13. The third kappa shape index (κ3) is 3.43. The van der Waals surface area contributed by atoms with E-state index in [0.29, 0.717) is 18.1 Å². The van der Waals surface area contributed by atoms with Crippen molar-refractivity contribution in [1.29, 1.82) is 0 Å². The van der Waals surface area contributed by atoms with Gasteiger partial charge in [-0.1, -0.05) is 13.8 Å². The molecule has 1 aromatic rings. The predicted octanol–water partition coefficient (Wildman–Crippen LogP) is 1.72. The zero-order chi connectivity index (χ0) is 12.1. The van der Waals surface area contributed by atoms with Crippen molar-refractivity contribution in [2.75, 3.05) is 5.32 Å². The van der Waals surface area contributed by atoms with Crippen LogP contribution >= 0.6 is 0 Å². The van der Waals surface area contributed by atoms with E-state index in [1.54, 1.807) is 0 Å². The molecule has 1 aromatic heterocycles. The molecule has 0 spiro atoms. The molecular formula is C12H17N3O. The first-order valence-corrected chi connectivity index (χ1v) is 5.34. The Kier molecular flexibility index (Phi) is 4.12. The van der Waals surface area contributed by atoms with Crippen molar-refractivity contribution >= 4 is 5.82 Å². The van der Waals surface area contributed by atoms with Crippen molar-refractivity contribution in [1.82, 2.24) is 9.97 Å². The van der Waals surface area contributed by atoms with Gasteiger partial charge in [0.2, 0.25) is 0 Å². The van der Waals surface area contributed by atoms with Crippen LogP contribution < -0.4 is 10.9 Å². The zero-order valence-electron chi connectivity index (χ0n) is 9.87. The molecule has 1 atom stereocenters. The summed E-state index contributed by atoms with van der Waals surface area (Å²) in [5, 5.41) is 3.11. The second kappa shape index (κ2) is 5.36. The number of hydrogen-bond donors (Lipinski definition) is 2. The van der Waals surface area contributed by atoms with Gasteiger partial charge in [-0.3, -0.25) is 4.79 Å². The summed E-state index contributed by atoms with van der Waals surface area (Å²) in [4.78, 5) is 18.4. The van der Waals surface area contributed by atoms with Crippen LogP contribution in [0, 0.1) is 12.3 Å². The first kappa shape index (κ1) is 12.3. The molecule has 4 nitrogen and oxygen atoms in total. The molecule has 1 heterocycles. The van der Waals surface area contributed by atoms with Gasteiger partial charge in [0, 0.05) is 24.4 Å². The second-order valence-corrected chi connectivity index (χ2v) is 4.12. The molecule has 0 aliphatic carbocycles. The second-order valence-electron chi connectivity index (χ2n) is 4.12. The van der Waals surface area contributed by atoms with Gasteiger partial charge in [0.1, 0.15) is 11.6 Å². The van der Waals surface area contributed by atoms with E-state index in [2.05, 4.69) is 21.2 Å². The molecule has 0 saturated carbocycles. The highest BCUT2D eigenvalue weighted by Gasteiger charge is 2.06. The van der Waals surface area contributed by atoms with Gasteiger partial charge >= 0.3 is 0 Å². The van der Waals surface area contributed by atoms with Crippen molar-refractivity contribution in [2.24, 2.45) is 0 Å². The van der Waals surface area contributed by atoms with Crippen molar-refractivity contribution in [2.45, 2.75) is 39.2 Å². The maximum atomic E-state index is 11.4. The van der Waals surface area contributed by atoms with Gasteiger partial charge in [0.15, 0.2) is 0 Å². The van der Waals surface area contributed by atoms with E-state index in [1.807, 2.05) is 20.8 Å². The summed E-state index contributed by atoms with van der Waals surface area (Å²) in [5.41, 5.74) is -0.144. The Bertz CT molecular complexity index is 442. The Morgan fingerprint density at radius 1 is 1.56 bits per heavy atom. The number of aromatic nitrogens is 2. The lowest BCUT2D eigenvalue weighted by atomic mass is 10.2. The highest BCUT2D eigenvalue weighted by Crippen LogP contribution is 2.10. The number of nitrogens with one attached hydrogen (secondary N) is 2. The lowest BCUT2D eigenvalue weighted by Crippen LogP contribution is -2.19. The number of hydrogen-bond acceptors (Lipinski definition) is 3. The van der Waals surface area contributed by atoms with Gasteiger partial charge in [0.05, 0.1) is 0 Å². The summed E-state index contributed by atoms with van der Waals surface area (Å²) in [5.74, 6) is 4.02. The molecule has 0 aromatic carbocycles. The molecule has 1 unspecified atom stereocenters. The van der Waals surface area contributed by atoms with E-state index >= 15 is 0 Å². The maximum absolute atomic E-state index is 11.4.